The Hall–Kier alpha value is -3.54. The number of likely N-dealkylation sites (tertiary alicyclic amines) is 1. The number of hydrogen-bond acceptors (Lipinski definition) is 7. The van der Waals surface area contributed by atoms with Gasteiger partial charge in [0.05, 0.1) is 42.8 Å². The van der Waals surface area contributed by atoms with E-state index < -0.39 is 35.6 Å². The molecule has 1 fully saturated rings. The van der Waals surface area contributed by atoms with Gasteiger partial charge in [0.1, 0.15) is 11.3 Å². The van der Waals surface area contributed by atoms with Gasteiger partial charge in [-0.2, -0.15) is 13.2 Å². The Morgan fingerprint density at radius 3 is 2.57 bits per heavy atom. The second-order valence-electron chi connectivity index (χ2n) is 9.16. The first kappa shape index (κ1) is 24.6. The summed E-state index contributed by atoms with van der Waals surface area (Å²) in [5, 5.41) is 8.44. The van der Waals surface area contributed by atoms with E-state index in [2.05, 4.69) is 20.3 Å². The zero-order valence-electron chi connectivity index (χ0n) is 19.4. The molecule has 2 atom stereocenters. The summed E-state index contributed by atoms with van der Waals surface area (Å²) in [5.74, 6) is 0. The van der Waals surface area contributed by atoms with Crippen LogP contribution >= 0.6 is 0 Å². The molecule has 1 amide bonds. The highest BCUT2D eigenvalue weighted by atomic mass is 19.4. The van der Waals surface area contributed by atoms with Crippen LogP contribution in [-0.4, -0.2) is 60.7 Å². The summed E-state index contributed by atoms with van der Waals surface area (Å²) >= 11 is 0. The zero-order valence-corrected chi connectivity index (χ0v) is 19.4. The van der Waals surface area contributed by atoms with Gasteiger partial charge in [0.15, 0.2) is 0 Å². The summed E-state index contributed by atoms with van der Waals surface area (Å²) in [5.41, 5.74) is 0.226. The summed E-state index contributed by atoms with van der Waals surface area (Å²) in [4.78, 5) is 22.2. The van der Waals surface area contributed by atoms with Crippen LogP contribution in [0, 0.1) is 0 Å². The lowest BCUT2D eigenvalue weighted by Crippen LogP contribution is -2.36. The largest absolute Gasteiger partial charge is 0.444 e. The monoisotopic (exact) mass is 490 g/mol. The maximum Gasteiger partial charge on any atom is 0.417 e. The third-order valence-corrected chi connectivity index (χ3v) is 5.29. The smallest absolute Gasteiger partial charge is 0.417 e. The molecular formula is C23H25F3N6O3. The highest BCUT2D eigenvalue weighted by Crippen LogP contribution is 2.30. The van der Waals surface area contributed by atoms with E-state index >= 15 is 0 Å². The standard InChI is InChI=1S/C23H25F3N6O3/c1-22(2,3)35-21(33)31-12-19(32-11-18(29-30-32)15-5-4-8-27-9-15)20(13-31)34-14-17-7-6-16(10-28-17)23(24,25)26/h4-11,19-20H,12-14H2,1-3H3. The maximum atomic E-state index is 12.8. The van der Waals surface area contributed by atoms with Crippen LogP contribution in [0.4, 0.5) is 18.0 Å². The molecule has 0 spiro atoms. The van der Waals surface area contributed by atoms with E-state index in [-0.39, 0.29) is 19.7 Å². The van der Waals surface area contributed by atoms with Gasteiger partial charge in [-0.05, 0) is 45.0 Å². The lowest BCUT2D eigenvalue weighted by Gasteiger charge is -2.24. The van der Waals surface area contributed by atoms with Crippen molar-refractivity contribution in [3.8, 4) is 11.3 Å². The minimum atomic E-state index is -4.46. The van der Waals surface area contributed by atoms with Gasteiger partial charge < -0.3 is 14.4 Å². The summed E-state index contributed by atoms with van der Waals surface area (Å²) in [6, 6.07) is 5.48. The van der Waals surface area contributed by atoms with Crippen LogP contribution in [0.15, 0.2) is 49.1 Å². The quantitative estimate of drug-likeness (QED) is 0.531. The number of rotatable bonds is 5. The fraction of sp³-hybridized carbons (Fsp3) is 0.435. The molecule has 12 heteroatoms. The van der Waals surface area contributed by atoms with E-state index in [0.717, 1.165) is 17.8 Å². The van der Waals surface area contributed by atoms with Crippen LogP contribution in [0.25, 0.3) is 11.3 Å². The molecule has 0 bridgehead atoms. The Morgan fingerprint density at radius 2 is 1.94 bits per heavy atom. The number of pyridine rings is 2. The molecule has 0 radical (unpaired) electrons. The molecule has 9 nitrogen and oxygen atoms in total. The Balaban J connectivity index is 1.51. The van der Waals surface area contributed by atoms with Crippen LogP contribution in [0.2, 0.25) is 0 Å². The topological polar surface area (TPSA) is 95.3 Å². The number of halogens is 3. The Kier molecular flexibility index (Phi) is 6.75. The molecule has 0 aliphatic carbocycles. The number of alkyl halides is 3. The van der Waals surface area contributed by atoms with Crippen molar-refractivity contribution in [1.82, 2.24) is 29.9 Å². The maximum absolute atomic E-state index is 12.8. The molecule has 1 saturated heterocycles. The number of aromatic nitrogens is 5. The number of amides is 1. The van der Waals surface area contributed by atoms with Gasteiger partial charge in [0, 0.05) is 30.7 Å². The van der Waals surface area contributed by atoms with E-state index in [0.29, 0.717) is 11.4 Å². The lowest BCUT2D eigenvalue weighted by molar-refractivity contribution is -0.137. The molecule has 3 aromatic heterocycles. The molecule has 4 heterocycles. The first-order chi connectivity index (χ1) is 16.5. The molecule has 186 valence electrons. The zero-order chi connectivity index (χ0) is 25.2. The predicted molar refractivity (Wildman–Crippen MR) is 118 cm³/mol. The van der Waals surface area contributed by atoms with E-state index in [1.807, 2.05) is 6.07 Å². The van der Waals surface area contributed by atoms with Crippen LogP contribution in [0.5, 0.6) is 0 Å². The van der Waals surface area contributed by atoms with E-state index in [1.54, 1.807) is 50.1 Å². The molecule has 0 saturated carbocycles. The van der Waals surface area contributed by atoms with Crippen LogP contribution in [0.1, 0.15) is 38.1 Å². The predicted octanol–water partition coefficient (Wildman–Crippen LogP) is 4.13. The number of carbonyl (C=O) groups excluding carboxylic acids is 1. The molecule has 4 rings (SSSR count). The summed E-state index contributed by atoms with van der Waals surface area (Å²) < 4.78 is 51.6. The SMILES string of the molecule is CC(C)(C)OC(=O)N1CC(OCc2ccc(C(F)(F)F)cn2)C(n2cc(-c3cccnc3)nn2)C1. The van der Waals surface area contributed by atoms with Gasteiger partial charge >= 0.3 is 12.3 Å². The van der Waals surface area contributed by atoms with Crippen molar-refractivity contribution >= 4 is 6.09 Å². The highest BCUT2D eigenvalue weighted by Gasteiger charge is 2.40. The lowest BCUT2D eigenvalue weighted by atomic mass is 10.2. The van der Waals surface area contributed by atoms with E-state index in [9.17, 15) is 18.0 Å². The molecule has 3 aromatic rings. The van der Waals surface area contributed by atoms with Crippen molar-refractivity contribution in [1.29, 1.82) is 0 Å². The molecular weight excluding hydrogens is 465 g/mol. The van der Waals surface area contributed by atoms with Crippen LogP contribution in [0.3, 0.4) is 0 Å². The Bertz CT molecular complexity index is 1150. The fourth-order valence-corrected chi connectivity index (χ4v) is 3.61. The van der Waals surface area contributed by atoms with Gasteiger partial charge in [-0.15, -0.1) is 5.10 Å². The van der Waals surface area contributed by atoms with Gasteiger partial charge in [-0.1, -0.05) is 5.21 Å². The molecule has 0 aromatic carbocycles. The number of ether oxygens (including phenoxy) is 2. The fourth-order valence-electron chi connectivity index (χ4n) is 3.61. The molecule has 1 aliphatic heterocycles. The second kappa shape index (κ2) is 9.61. The number of hydrogen-bond donors (Lipinski definition) is 0. The summed E-state index contributed by atoms with van der Waals surface area (Å²) in [6.45, 7) is 5.77. The van der Waals surface area contributed by atoms with Crippen molar-refractivity contribution in [2.24, 2.45) is 0 Å². The highest BCUT2D eigenvalue weighted by molar-refractivity contribution is 5.68. The van der Waals surface area contributed by atoms with Crippen molar-refractivity contribution in [3.63, 3.8) is 0 Å². The van der Waals surface area contributed by atoms with Gasteiger partial charge in [0.2, 0.25) is 0 Å². The molecule has 1 aliphatic rings. The summed E-state index contributed by atoms with van der Waals surface area (Å²) in [7, 11) is 0. The van der Waals surface area contributed by atoms with Gasteiger partial charge in [0.25, 0.3) is 0 Å². The molecule has 0 N–H and O–H groups in total. The van der Waals surface area contributed by atoms with Crippen molar-refractivity contribution in [2.75, 3.05) is 13.1 Å². The van der Waals surface area contributed by atoms with Crippen LogP contribution in [-0.2, 0) is 22.3 Å². The van der Waals surface area contributed by atoms with Gasteiger partial charge in [-0.25, -0.2) is 9.48 Å². The third-order valence-electron chi connectivity index (χ3n) is 5.29. The van der Waals surface area contributed by atoms with E-state index in [1.165, 1.54) is 11.0 Å². The Labute approximate surface area is 199 Å². The molecule has 35 heavy (non-hydrogen) atoms. The average Bonchev–Trinajstić information content (AvgIpc) is 3.44. The minimum absolute atomic E-state index is 0.0361. The first-order valence-corrected chi connectivity index (χ1v) is 10.9. The first-order valence-electron chi connectivity index (χ1n) is 10.9. The van der Waals surface area contributed by atoms with E-state index in [4.69, 9.17) is 9.47 Å². The van der Waals surface area contributed by atoms with Crippen molar-refractivity contribution in [2.45, 2.75) is 51.3 Å². The Morgan fingerprint density at radius 1 is 1.14 bits per heavy atom. The van der Waals surface area contributed by atoms with Gasteiger partial charge in [-0.3, -0.25) is 9.97 Å². The average molecular weight is 490 g/mol. The third kappa shape index (κ3) is 6.13. The van der Waals surface area contributed by atoms with Crippen LogP contribution < -0.4 is 0 Å². The number of nitrogens with zero attached hydrogens (tertiary/aromatic N) is 6. The molecule has 2 unspecified atom stereocenters. The minimum Gasteiger partial charge on any atom is -0.444 e. The van der Waals surface area contributed by atoms with Crippen molar-refractivity contribution < 1.29 is 27.4 Å². The second-order valence-corrected chi connectivity index (χ2v) is 9.16. The van der Waals surface area contributed by atoms with Crippen molar-refractivity contribution in [3.05, 3.63) is 60.3 Å². The number of carbonyl (C=O) groups is 1. The normalized spacial score (nSPS) is 18.6. The summed E-state index contributed by atoms with van der Waals surface area (Å²) in [6.07, 6.45) is 0.366.